The molecule has 0 heterocycles. The third-order valence-electron chi connectivity index (χ3n) is 2.24. The van der Waals surface area contributed by atoms with Gasteiger partial charge in [-0.25, -0.2) is 0 Å². The third kappa shape index (κ3) is 2.89. The second-order valence-corrected chi connectivity index (χ2v) is 3.97. The molecule has 2 nitrogen and oxygen atoms in total. The fraction of sp³-hybridized carbons (Fsp3) is 0.333. The van der Waals surface area contributed by atoms with Crippen LogP contribution in [-0.4, -0.2) is 13.6 Å². The van der Waals surface area contributed by atoms with Crippen LogP contribution in [0.1, 0.15) is 18.5 Å². The van der Waals surface area contributed by atoms with E-state index < -0.39 is 0 Å². The van der Waals surface area contributed by atoms with Gasteiger partial charge in [-0.1, -0.05) is 23.6 Å². The molecule has 1 rings (SSSR count). The molecule has 0 fully saturated rings. The van der Waals surface area contributed by atoms with Crippen LogP contribution >= 0.6 is 11.6 Å². The Bertz CT molecular complexity index is 380. The highest BCUT2D eigenvalue weighted by atomic mass is 35.5. The standard InChI is InChI=1S/C12H15ClN2/c1-4-7-15(3)12-6-5-10(9(2)14)8-11(12)13/h1,5-6,8-9H,7,14H2,2-3H3. The van der Waals surface area contributed by atoms with Crippen molar-refractivity contribution in [2.24, 2.45) is 5.73 Å². The minimum absolute atomic E-state index is 0.00510. The van der Waals surface area contributed by atoms with Gasteiger partial charge in [-0.05, 0) is 24.6 Å². The second-order valence-electron chi connectivity index (χ2n) is 3.56. The van der Waals surface area contributed by atoms with Crippen LogP contribution in [0.25, 0.3) is 0 Å². The van der Waals surface area contributed by atoms with E-state index in [9.17, 15) is 0 Å². The molecule has 0 radical (unpaired) electrons. The number of rotatable bonds is 3. The number of terminal acetylenes is 1. The molecular formula is C12H15ClN2. The number of anilines is 1. The molecule has 0 amide bonds. The van der Waals surface area contributed by atoms with Gasteiger partial charge in [0.25, 0.3) is 0 Å². The van der Waals surface area contributed by atoms with E-state index in [4.69, 9.17) is 23.8 Å². The van der Waals surface area contributed by atoms with Crippen molar-refractivity contribution in [3.63, 3.8) is 0 Å². The van der Waals surface area contributed by atoms with Crippen LogP contribution in [-0.2, 0) is 0 Å². The number of nitrogens with two attached hydrogens (primary N) is 1. The van der Waals surface area contributed by atoms with Gasteiger partial charge in [-0.3, -0.25) is 0 Å². The largest absolute Gasteiger partial charge is 0.362 e. The Hall–Kier alpha value is -1.17. The Kier molecular flexibility index (Phi) is 4.02. The lowest BCUT2D eigenvalue weighted by atomic mass is 10.1. The predicted octanol–water partition coefficient (Wildman–Crippen LogP) is 2.43. The van der Waals surface area contributed by atoms with Gasteiger partial charge in [0.15, 0.2) is 0 Å². The molecule has 0 spiro atoms. The van der Waals surface area contributed by atoms with E-state index in [0.717, 1.165) is 11.3 Å². The molecule has 1 unspecified atom stereocenters. The molecule has 0 aromatic heterocycles. The lowest BCUT2D eigenvalue weighted by Crippen LogP contribution is -2.17. The van der Waals surface area contributed by atoms with E-state index in [1.165, 1.54) is 0 Å². The van der Waals surface area contributed by atoms with Crippen molar-refractivity contribution < 1.29 is 0 Å². The van der Waals surface area contributed by atoms with Crippen LogP contribution in [0.3, 0.4) is 0 Å². The minimum atomic E-state index is -0.00510. The van der Waals surface area contributed by atoms with Crippen molar-refractivity contribution in [1.29, 1.82) is 0 Å². The first kappa shape index (κ1) is 11.9. The van der Waals surface area contributed by atoms with Crippen LogP contribution < -0.4 is 10.6 Å². The second kappa shape index (κ2) is 5.06. The van der Waals surface area contributed by atoms with Crippen molar-refractivity contribution in [3.8, 4) is 12.3 Å². The zero-order valence-corrected chi connectivity index (χ0v) is 9.75. The van der Waals surface area contributed by atoms with Gasteiger partial charge in [-0.15, -0.1) is 6.42 Å². The average Bonchev–Trinajstić information content (AvgIpc) is 2.17. The fourth-order valence-corrected chi connectivity index (χ4v) is 1.67. The molecule has 0 saturated carbocycles. The van der Waals surface area contributed by atoms with E-state index >= 15 is 0 Å². The highest BCUT2D eigenvalue weighted by molar-refractivity contribution is 6.33. The summed E-state index contributed by atoms with van der Waals surface area (Å²) in [5.74, 6) is 2.57. The Morgan fingerprint density at radius 2 is 2.27 bits per heavy atom. The molecular weight excluding hydrogens is 208 g/mol. The Labute approximate surface area is 96.0 Å². The minimum Gasteiger partial charge on any atom is -0.362 e. The summed E-state index contributed by atoms with van der Waals surface area (Å²) >= 11 is 6.14. The van der Waals surface area contributed by atoms with Crippen LogP contribution in [0.2, 0.25) is 5.02 Å². The van der Waals surface area contributed by atoms with Gasteiger partial charge in [0.1, 0.15) is 0 Å². The van der Waals surface area contributed by atoms with Gasteiger partial charge in [0.05, 0.1) is 17.3 Å². The zero-order valence-electron chi connectivity index (χ0n) is 9.00. The summed E-state index contributed by atoms with van der Waals surface area (Å²) in [7, 11) is 1.91. The maximum atomic E-state index is 6.14. The SMILES string of the molecule is C#CCN(C)c1ccc(C(C)N)cc1Cl. The monoisotopic (exact) mass is 222 g/mol. The van der Waals surface area contributed by atoms with Crippen molar-refractivity contribution in [3.05, 3.63) is 28.8 Å². The smallest absolute Gasteiger partial charge is 0.0788 e. The van der Waals surface area contributed by atoms with Crippen molar-refractivity contribution in [2.45, 2.75) is 13.0 Å². The molecule has 15 heavy (non-hydrogen) atoms. The van der Waals surface area contributed by atoms with E-state index in [0.29, 0.717) is 11.6 Å². The van der Waals surface area contributed by atoms with E-state index in [2.05, 4.69) is 5.92 Å². The number of hydrogen-bond acceptors (Lipinski definition) is 2. The fourth-order valence-electron chi connectivity index (χ4n) is 1.34. The highest BCUT2D eigenvalue weighted by Gasteiger charge is 2.07. The summed E-state index contributed by atoms with van der Waals surface area (Å²) in [5.41, 5.74) is 7.72. The summed E-state index contributed by atoms with van der Waals surface area (Å²) in [6.07, 6.45) is 5.24. The van der Waals surface area contributed by atoms with E-state index in [-0.39, 0.29) is 6.04 Å². The van der Waals surface area contributed by atoms with Crippen LogP contribution in [0.5, 0.6) is 0 Å². The lowest BCUT2D eigenvalue weighted by Gasteiger charge is -2.18. The van der Waals surface area contributed by atoms with Crippen LogP contribution in [0.15, 0.2) is 18.2 Å². The molecule has 3 heteroatoms. The average molecular weight is 223 g/mol. The molecule has 0 bridgehead atoms. The van der Waals surface area contributed by atoms with E-state index in [1.807, 2.05) is 37.1 Å². The zero-order chi connectivity index (χ0) is 11.4. The third-order valence-corrected chi connectivity index (χ3v) is 2.54. The summed E-state index contributed by atoms with van der Waals surface area (Å²) in [5, 5.41) is 0.683. The molecule has 0 saturated heterocycles. The van der Waals surface area contributed by atoms with Gasteiger partial charge in [0.2, 0.25) is 0 Å². The van der Waals surface area contributed by atoms with Crippen LogP contribution in [0, 0.1) is 12.3 Å². The normalized spacial score (nSPS) is 11.9. The topological polar surface area (TPSA) is 29.3 Å². The number of hydrogen-bond donors (Lipinski definition) is 1. The van der Waals surface area contributed by atoms with Crippen molar-refractivity contribution in [2.75, 3.05) is 18.5 Å². The van der Waals surface area contributed by atoms with Gasteiger partial charge in [0, 0.05) is 13.1 Å². The van der Waals surface area contributed by atoms with Gasteiger partial charge < -0.3 is 10.6 Å². The summed E-state index contributed by atoms with van der Waals surface area (Å²) < 4.78 is 0. The molecule has 80 valence electrons. The Morgan fingerprint density at radius 1 is 1.60 bits per heavy atom. The molecule has 1 aromatic carbocycles. The molecule has 1 atom stereocenters. The summed E-state index contributed by atoms with van der Waals surface area (Å²) in [4.78, 5) is 1.92. The molecule has 0 aliphatic carbocycles. The van der Waals surface area contributed by atoms with Gasteiger partial charge >= 0.3 is 0 Å². The molecule has 0 aliphatic rings. The number of benzene rings is 1. The molecule has 1 aromatic rings. The van der Waals surface area contributed by atoms with Crippen molar-refractivity contribution >= 4 is 17.3 Å². The first-order valence-corrected chi connectivity index (χ1v) is 5.13. The van der Waals surface area contributed by atoms with Crippen molar-refractivity contribution in [1.82, 2.24) is 0 Å². The Balaban J connectivity index is 2.98. The summed E-state index contributed by atoms with van der Waals surface area (Å²) in [6, 6.07) is 5.79. The van der Waals surface area contributed by atoms with Crippen LogP contribution in [0.4, 0.5) is 5.69 Å². The quantitative estimate of drug-likeness (QED) is 0.796. The number of nitrogens with zero attached hydrogens (tertiary/aromatic N) is 1. The molecule has 2 N–H and O–H groups in total. The Morgan fingerprint density at radius 3 is 2.73 bits per heavy atom. The highest BCUT2D eigenvalue weighted by Crippen LogP contribution is 2.27. The van der Waals surface area contributed by atoms with E-state index in [1.54, 1.807) is 0 Å². The molecule has 0 aliphatic heterocycles. The lowest BCUT2D eigenvalue weighted by molar-refractivity contribution is 0.818. The number of halogens is 1. The van der Waals surface area contributed by atoms with Gasteiger partial charge in [-0.2, -0.15) is 0 Å². The maximum absolute atomic E-state index is 6.14. The first-order valence-electron chi connectivity index (χ1n) is 4.76. The predicted molar refractivity (Wildman–Crippen MR) is 66.2 cm³/mol. The summed E-state index contributed by atoms with van der Waals surface area (Å²) in [6.45, 7) is 2.47. The first-order chi connectivity index (χ1) is 7.06. The maximum Gasteiger partial charge on any atom is 0.0788 e.